The van der Waals surface area contributed by atoms with E-state index in [2.05, 4.69) is 9.88 Å². The van der Waals surface area contributed by atoms with Crippen molar-refractivity contribution in [3.8, 4) is 5.88 Å². The molecule has 4 nitrogen and oxygen atoms in total. The Hall–Kier alpha value is -1.13. The summed E-state index contributed by atoms with van der Waals surface area (Å²) in [5.41, 5.74) is 2.79. The van der Waals surface area contributed by atoms with E-state index in [9.17, 15) is 5.11 Å². The topological polar surface area (TPSA) is 45.6 Å². The number of piperidine rings is 1. The summed E-state index contributed by atoms with van der Waals surface area (Å²) in [6.07, 6.45) is 3.94. The Labute approximate surface area is 115 Å². The molecule has 1 N–H and O–H groups in total. The number of aliphatic hydroxyl groups is 1. The Morgan fingerprint density at radius 1 is 1.26 bits per heavy atom. The Bertz CT molecular complexity index is 415. The van der Waals surface area contributed by atoms with Gasteiger partial charge in [0.1, 0.15) is 6.61 Å². The zero-order valence-electron chi connectivity index (χ0n) is 12.0. The highest BCUT2D eigenvalue weighted by atomic mass is 16.5. The van der Waals surface area contributed by atoms with E-state index in [4.69, 9.17) is 4.74 Å². The van der Waals surface area contributed by atoms with E-state index in [1.807, 2.05) is 19.9 Å². The smallest absolute Gasteiger partial charge is 0.219 e. The lowest BCUT2D eigenvalue weighted by Crippen LogP contribution is -2.33. The third-order valence-corrected chi connectivity index (χ3v) is 3.69. The van der Waals surface area contributed by atoms with Crippen LogP contribution in [0, 0.1) is 13.8 Å². The number of rotatable bonds is 5. The molecule has 2 heterocycles. The van der Waals surface area contributed by atoms with Crippen LogP contribution in [0.15, 0.2) is 6.07 Å². The Balaban J connectivity index is 1.91. The van der Waals surface area contributed by atoms with Crippen molar-refractivity contribution in [3.63, 3.8) is 0 Å². The Morgan fingerprint density at radius 3 is 2.68 bits per heavy atom. The molecule has 0 spiro atoms. The summed E-state index contributed by atoms with van der Waals surface area (Å²) in [6, 6.07) is 1.98. The second-order valence-electron chi connectivity index (χ2n) is 5.27. The molecule has 0 aliphatic carbocycles. The molecule has 2 rings (SSSR count). The van der Waals surface area contributed by atoms with E-state index in [-0.39, 0.29) is 6.61 Å². The fourth-order valence-electron chi connectivity index (χ4n) is 2.60. The van der Waals surface area contributed by atoms with Crippen LogP contribution in [0.4, 0.5) is 0 Å². The van der Waals surface area contributed by atoms with Gasteiger partial charge in [0.25, 0.3) is 0 Å². The van der Waals surface area contributed by atoms with Gasteiger partial charge in [0, 0.05) is 17.8 Å². The van der Waals surface area contributed by atoms with Crippen LogP contribution in [0.25, 0.3) is 0 Å². The maximum atomic E-state index is 9.41. The highest BCUT2D eigenvalue weighted by molar-refractivity contribution is 5.35. The van der Waals surface area contributed by atoms with Gasteiger partial charge < -0.3 is 9.84 Å². The highest BCUT2D eigenvalue weighted by Gasteiger charge is 2.12. The maximum Gasteiger partial charge on any atom is 0.219 e. The molecule has 0 aromatic carbocycles. The van der Waals surface area contributed by atoms with E-state index < -0.39 is 0 Å². The predicted octanol–water partition coefficient (Wildman–Crippen LogP) is 2.06. The molecule has 1 saturated heterocycles. The van der Waals surface area contributed by atoms with Gasteiger partial charge in [-0.2, -0.15) is 0 Å². The van der Waals surface area contributed by atoms with E-state index in [1.165, 1.54) is 32.4 Å². The first kappa shape index (κ1) is 14.3. The fourth-order valence-corrected chi connectivity index (χ4v) is 2.60. The van der Waals surface area contributed by atoms with Crippen LogP contribution < -0.4 is 4.74 Å². The van der Waals surface area contributed by atoms with Gasteiger partial charge in [-0.3, -0.25) is 4.90 Å². The van der Waals surface area contributed by atoms with Gasteiger partial charge in [-0.05, 0) is 51.4 Å². The lowest BCUT2D eigenvalue weighted by atomic mass is 10.1. The molecule has 1 aromatic rings. The quantitative estimate of drug-likeness (QED) is 0.884. The summed E-state index contributed by atoms with van der Waals surface area (Å²) >= 11 is 0. The van der Waals surface area contributed by atoms with Crippen LogP contribution in [0.5, 0.6) is 5.88 Å². The summed E-state index contributed by atoms with van der Waals surface area (Å²) in [5, 5.41) is 9.41. The molecule has 1 aliphatic heterocycles. The molecule has 1 fully saturated rings. The van der Waals surface area contributed by atoms with Gasteiger partial charge in [0.15, 0.2) is 0 Å². The van der Waals surface area contributed by atoms with E-state index >= 15 is 0 Å². The third-order valence-electron chi connectivity index (χ3n) is 3.69. The summed E-state index contributed by atoms with van der Waals surface area (Å²) in [6.45, 7) is 7.86. The standard InChI is InChI=1S/C15H24N2O2/c1-12-10-13(2)16-15(14(12)11-18)19-9-8-17-6-4-3-5-7-17/h10,18H,3-9,11H2,1-2H3. The molecule has 106 valence electrons. The number of likely N-dealkylation sites (tertiary alicyclic amines) is 1. The zero-order valence-corrected chi connectivity index (χ0v) is 12.0. The van der Waals surface area contributed by atoms with Gasteiger partial charge >= 0.3 is 0 Å². The number of pyridine rings is 1. The minimum Gasteiger partial charge on any atom is -0.476 e. The molecule has 0 saturated carbocycles. The second kappa shape index (κ2) is 6.87. The number of aliphatic hydroxyl groups excluding tert-OH is 1. The van der Waals surface area contributed by atoms with Gasteiger partial charge in [0.2, 0.25) is 5.88 Å². The number of aryl methyl sites for hydroxylation is 2. The van der Waals surface area contributed by atoms with Crippen LogP contribution in [0.1, 0.15) is 36.1 Å². The van der Waals surface area contributed by atoms with E-state index in [0.29, 0.717) is 12.5 Å². The Kier molecular flexibility index (Phi) is 5.16. The van der Waals surface area contributed by atoms with Gasteiger partial charge in [-0.25, -0.2) is 4.98 Å². The normalized spacial score (nSPS) is 16.6. The van der Waals surface area contributed by atoms with Crippen LogP contribution in [0.3, 0.4) is 0 Å². The minimum atomic E-state index is -0.0157. The largest absolute Gasteiger partial charge is 0.476 e. The maximum absolute atomic E-state index is 9.41. The third kappa shape index (κ3) is 3.91. The molecular formula is C15H24N2O2. The molecule has 19 heavy (non-hydrogen) atoms. The van der Waals surface area contributed by atoms with E-state index in [0.717, 1.165) is 23.4 Å². The number of hydrogen-bond acceptors (Lipinski definition) is 4. The van der Waals surface area contributed by atoms with Crippen molar-refractivity contribution in [3.05, 3.63) is 22.9 Å². The summed E-state index contributed by atoms with van der Waals surface area (Å²) in [4.78, 5) is 6.82. The van der Waals surface area contributed by atoms with Crippen molar-refractivity contribution in [2.75, 3.05) is 26.2 Å². The molecule has 0 amide bonds. The number of aromatic nitrogens is 1. The molecule has 0 atom stereocenters. The number of hydrogen-bond donors (Lipinski definition) is 1. The van der Waals surface area contributed by atoms with Gasteiger partial charge in [0.05, 0.1) is 6.61 Å². The SMILES string of the molecule is Cc1cc(C)c(CO)c(OCCN2CCCCC2)n1. The summed E-state index contributed by atoms with van der Waals surface area (Å²) < 4.78 is 5.78. The molecule has 0 radical (unpaired) electrons. The van der Waals surface area contributed by atoms with E-state index in [1.54, 1.807) is 0 Å². The Morgan fingerprint density at radius 2 is 2.00 bits per heavy atom. The van der Waals surface area contributed by atoms with Crippen LogP contribution >= 0.6 is 0 Å². The first-order valence-electron chi connectivity index (χ1n) is 7.14. The first-order chi connectivity index (χ1) is 9.20. The van der Waals surface area contributed by atoms with Crippen molar-refractivity contribution >= 4 is 0 Å². The highest BCUT2D eigenvalue weighted by Crippen LogP contribution is 2.21. The van der Waals surface area contributed by atoms with Crippen LogP contribution in [0.2, 0.25) is 0 Å². The lowest BCUT2D eigenvalue weighted by Gasteiger charge is -2.26. The van der Waals surface area contributed by atoms with Gasteiger partial charge in [-0.15, -0.1) is 0 Å². The lowest BCUT2D eigenvalue weighted by molar-refractivity contribution is 0.177. The van der Waals surface area contributed by atoms with Gasteiger partial charge in [-0.1, -0.05) is 6.42 Å². The van der Waals surface area contributed by atoms with Crippen LogP contribution in [-0.4, -0.2) is 41.2 Å². The fraction of sp³-hybridized carbons (Fsp3) is 0.667. The predicted molar refractivity (Wildman–Crippen MR) is 75.4 cm³/mol. The van der Waals surface area contributed by atoms with Crippen molar-refractivity contribution < 1.29 is 9.84 Å². The van der Waals surface area contributed by atoms with Crippen LogP contribution in [-0.2, 0) is 6.61 Å². The zero-order chi connectivity index (χ0) is 13.7. The molecule has 0 bridgehead atoms. The molecule has 1 aliphatic rings. The van der Waals surface area contributed by atoms with Crippen molar-refractivity contribution in [2.24, 2.45) is 0 Å². The number of ether oxygens (including phenoxy) is 1. The van der Waals surface area contributed by atoms with Crippen molar-refractivity contribution in [1.82, 2.24) is 9.88 Å². The second-order valence-corrected chi connectivity index (χ2v) is 5.27. The molecule has 1 aromatic heterocycles. The minimum absolute atomic E-state index is 0.0157. The van der Waals surface area contributed by atoms with Crippen molar-refractivity contribution in [1.29, 1.82) is 0 Å². The molecular weight excluding hydrogens is 240 g/mol. The van der Waals surface area contributed by atoms with Crippen molar-refractivity contribution in [2.45, 2.75) is 39.7 Å². The average molecular weight is 264 g/mol. The first-order valence-corrected chi connectivity index (χ1v) is 7.14. The number of nitrogens with zero attached hydrogens (tertiary/aromatic N) is 2. The summed E-state index contributed by atoms with van der Waals surface area (Å²) in [7, 11) is 0. The summed E-state index contributed by atoms with van der Waals surface area (Å²) in [5.74, 6) is 0.594. The average Bonchev–Trinajstić information content (AvgIpc) is 2.39. The molecule has 4 heteroatoms. The monoisotopic (exact) mass is 264 g/mol. The molecule has 0 unspecified atom stereocenters.